The number of aliphatic hydroxyl groups is 2. The van der Waals surface area contributed by atoms with Crippen molar-refractivity contribution in [1.29, 1.82) is 0 Å². The highest BCUT2D eigenvalue weighted by Gasteiger charge is 2.58. The average Bonchev–Trinajstić information content (AvgIpc) is 3.15. The Balaban J connectivity index is 0.000000848. The Morgan fingerprint density at radius 3 is 2.69 bits per heavy atom. The number of hydrogen-bond donors (Lipinski definition) is 3. The first-order chi connectivity index (χ1) is 17.2. The summed E-state index contributed by atoms with van der Waals surface area (Å²) in [4.78, 5) is 4.21. The Kier molecular flexibility index (Phi) is 6.93. The van der Waals surface area contributed by atoms with Crippen LogP contribution in [0, 0.1) is 23.2 Å². The maximum absolute atomic E-state index is 12.3. The van der Waals surface area contributed by atoms with Crippen molar-refractivity contribution in [3.8, 4) is 0 Å². The highest BCUT2D eigenvalue weighted by molar-refractivity contribution is 6.34. The molecule has 6 rings (SSSR count). The van der Waals surface area contributed by atoms with Gasteiger partial charge in [0.15, 0.2) is 0 Å². The molecule has 1 fully saturated rings. The molecule has 3 N–H and O–H groups in total. The van der Waals surface area contributed by atoms with Crippen LogP contribution in [0.5, 0.6) is 0 Å². The van der Waals surface area contributed by atoms with Crippen LogP contribution in [0.25, 0.3) is 16.3 Å². The van der Waals surface area contributed by atoms with E-state index in [9.17, 15) is 10.2 Å². The van der Waals surface area contributed by atoms with E-state index >= 15 is 0 Å². The summed E-state index contributed by atoms with van der Waals surface area (Å²) in [6.07, 6.45) is 13.8. The van der Waals surface area contributed by atoms with Gasteiger partial charge < -0.3 is 15.5 Å². The molecule has 6 atom stereocenters. The normalized spacial score (nSPS) is 35.2. The first-order valence-corrected chi connectivity index (χ1v) is 13.8. The monoisotopic (exact) mass is 506 g/mol. The fraction of sp³-hybridized carbons (Fsp3) is 0.516. The third-order valence-corrected chi connectivity index (χ3v) is 9.70. The van der Waals surface area contributed by atoms with Gasteiger partial charge in [-0.2, -0.15) is 0 Å². The zero-order chi connectivity index (χ0) is 25.7. The van der Waals surface area contributed by atoms with Crippen molar-refractivity contribution in [2.75, 3.05) is 14.1 Å². The van der Waals surface area contributed by atoms with E-state index in [2.05, 4.69) is 60.6 Å². The van der Waals surface area contributed by atoms with Crippen molar-refractivity contribution in [3.05, 3.63) is 70.6 Å². The Hall–Kier alpha value is -1.98. The number of benzene rings is 1. The lowest BCUT2D eigenvalue weighted by molar-refractivity contribution is -0.0455. The van der Waals surface area contributed by atoms with Gasteiger partial charge in [0, 0.05) is 22.9 Å². The number of rotatable bonds is 1. The van der Waals surface area contributed by atoms with E-state index < -0.39 is 5.60 Å². The summed E-state index contributed by atoms with van der Waals surface area (Å²) in [5, 5.41) is 27.9. The molecule has 2 aromatic rings. The van der Waals surface area contributed by atoms with Crippen LogP contribution >= 0.6 is 11.6 Å². The van der Waals surface area contributed by atoms with Crippen LogP contribution in [0.3, 0.4) is 0 Å². The maximum atomic E-state index is 12.3. The maximum Gasteiger partial charge on any atom is 0.136 e. The van der Waals surface area contributed by atoms with Gasteiger partial charge in [-0.3, -0.25) is 0 Å². The number of pyridine rings is 1. The summed E-state index contributed by atoms with van der Waals surface area (Å²) >= 11 is 6.31. The summed E-state index contributed by atoms with van der Waals surface area (Å²) in [6.45, 7) is 4.65. The van der Waals surface area contributed by atoms with Gasteiger partial charge in [0.1, 0.15) is 5.15 Å². The topological polar surface area (TPSA) is 65.4 Å². The second kappa shape index (κ2) is 9.72. The minimum Gasteiger partial charge on any atom is -0.393 e. The highest BCUT2D eigenvalue weighted by atomic mass is 35.5. The van der Waals surface area contributed by atoms with Crippen LogP contribution in [0.1, 0.15) is 57.9 Å². The van der Waals surface area contributed by atoms with Gasteiger partial charge in [-0.25, -0.2) is 4.98 Å². The lowest BCUT2D eigenvalue weighted by atomic mass is 9.54. The molecule has 1 aromatic heterocycles. The predicted molar refractivity (Wildman–Crippen MR) is 149 cm³/mol. The van der Waals surface area contributed by atoms with E-state index in [-0.39, 0.29) is 17.4 Å². The molecule has 5 unspecified atom stereocenters. The largest absolute Gasteiger partial charge is 0.393 e. The fourth-order valence-electron chi connectivity index (χ4n) is 7.38. The number of nitrogens with one attached hydrogen (secondary N) is 1. The second-order valence-corrected chi connectivity index (χ2v) is 11.8. The molecule has 36 heavy (non-hydrogen) atoms. The van der Waals surface area contributed by atoms with Gasteiger partial charge >= 0.3 is 0 Å². The highest BCUT2D eigenvalue weighted by Crippen LogP contribution is 2.63. The van der Waals surface area contributed by atoms with E-state index in [1.807, 2.05) is 20.2 Å². The lowest BCUT2D eigenvalue weighted by Gasteiger charge is -2.51. The minimum atomic E-state index is -0.821. The molecule has 192 valence electrons. The number of nitrogens with zero attached hydrogens (tertiary/aromatic N) is 1. The summed E-state index contributed by atoms with van der Waals surface area (Å²) in [7, 11) is 3.75. The summed E-state index contributed by atoms with van der Waals surface area (Å²) < 4.78 is 0. The quantitative estimate of drug-likeness (QED) is 0.396. The van der Waals surface area contributed by atoms with Crippen molar-refractivity contribution < 1.29 is 10.2 Å². The van der Waals surface area contributed by atoms with Crippen molar-refractivity contribution in [1.82, 2.24) is 10.3 Å². The molecule has 4 aliphatic rings. The molecular formula is C31H39ClN2O2. The lowest BCUT2D eigenvalue weighted by Crippen LogP contribution is -2.51. The van der Waals surface area contributed by atoms with Gasteiger partial charge in [0.25, 0.3) is 0 Å². The third kappa shape index (κ3) is 4.07. The molecule has 0 saturated heterocycles. The number of fused-ring (bicyclic) bond motifs is 5. The SMILES string of the molecule is CC1C=C2C=C3CC(O)CCC3CC[C@]2(O)C2CC=C(c3ccc4c(Cl)nccc4c3)C12C.CNC. The Morgan fingerprint density at radius 1 is 1.14 bits per heavy atom. The molecule has 1 saturated carbocycles. The molecule has 0 amide bonds. The van der Waals surface area contributed by atoms with Crippen molar-refractivity contribution in [2.45, 2.75) is 64.1 Å². The fourth-order valence-corrected chi connectivity index (χ4v) is 7.61. The second-order valence-electron chi connectivity index (χ2n) is 11.5. The molecule has 0 radical (unpaired) electrons. The molecule has 4 nitrogen and oxygen atoms in total. The number of halogens is 1. The molecule has 1 heterocycles. The molecule has 0 bridgehead atoms. The van der Waals surface area contributed by atoms with Gasteiger partial charge in [-0.05, 0) is 98.7 Å². The van der Waals surface area contributed by atoms with Crippen LogP contribution in [-0.4, -0.2) is 41.0 Å². The van der Waals surface area contributed by atoms with Crippen LogP contribution in [0.15, 0.2) is 59.8 Å². The first kappa shape index (κ1) is 25.7. The van der Waals surface area contributed by atoms with Crippen molar-refractivity contribution in [3.63, 3.8) is 0 Å². The van der Waals surface area contributed by atoms with Crippen LogP contribution in [0.2, 0.25) is 5.15 Å². The van der Waals surface area contributed by atoms with Crippen LogP contribution in [-0.2, 0) is 0 Å². The van der Waals surface area contributed by atoms with Gasteiger partial charge in [-0.15, -0.1) is 0 Å². The molecule has 0 spiro atoms. The smallest absolute Gasteiger partial charge is 0.136 e. The molecular weight excluding hydrogens is 468 g/mol. The van der Waals surface area contributed by atoms with E-state index in [4.69, 9.17) is 11.6 Å². The molecule has 1 aromatic carbocycles. The van der Waals surface area contributed by atoms with E-state index in [0.29, 0.717) is 17.0 Å². The third-order valence-electron chi connectivity index (χ3n) is 9.40. The number of aromatic nitrogens is 1. The Labute approximate surface area is 220 Å². The van der Waals surface area contributed by atoms with Crippen LogP contribution in [0.4, 0.5) is 0 Å². The van der Waals surface area contributed by atoms with Crippen LogP contribution < -0.4 is 5.32 Å². The predicted octanol–water partition coefficient (Wildman–Crippen LogP) is 6.32. The molecule has 5 heteroatoms. The van der Waals surface area contributed by atoms with E-state index in [1.165, 1.54) is 16.7 Å². The van der Waals surface area contributed by atoms with Gasteiger partial charge in [0.2, 0.25) is 0 Å². The standard InChI is InChI=1S/C29H32ClNO2.C2H7N/c1-17-13-22-15-21-16-23(32)5-3-18(21)9-11-29(22,33)26-8-7-25(28(17,26)2)20-4-6-24-19(14-20)10-12-31-27(24)30;1-3-2/h4,6-7,10,12-15,17-18,23,26,32-33H,3,5,8-9,11,16H2,1-2H3;3H,1-2H3/t17?,18?,23?,26?,28?,29-;/m1./s1. The summed E-state index contributed by atoms with van der Waals surface area (Å²) in [5.74, 6) is 0.942. The Morgan fingerprint density at radius 2 is 1.92 bits per heavy atom. The van der Waals surface area contributed by atoms with E-state index in [1.54, 1.807) is 6.20 Å². The van der Waals surface area contributed by atoms with Gasteiger partial charge in [-0.1, -0.05) is 61.4 Å². The summed E-state index contributed by atoms with van der Waals surface area (Å²) in [5.41, 5.74) is 4.02. The zero-order valence-corrected chi connectivity index (χ0v) is 22.6. The Bertz CT molecular complexity index is 1250. The number of hydrogen-bond acceptors (Lipinski definition) is 4. The minimum absolute atomic E-state index is 0.143. The van der Waals surface area contributed by atoms with Gasteiger partial charge in [0.05, 0.1) is 11.7 Å². The molecule has 0 aliphatic heterocycles. The average molecular weight is 507 g/mol. The molecule has 4 aliphatic carbocycles. The van der Waals surface area contributed by atoms with E-state index in [0.717, 1.165) is 54.9 Å². The van der Waals surface area contributed by atoms with Crippen molar-refractivity contribution >= 4 is 27.9 Å². The number of allylic oxidation sites excluding steroid dienone is 3. The first-order valence-electron chi connectivity index (χ1n) is 13.4. The number of aliphatic hydroxyl groups excluding tert-OH is 1. The summed E-state index contributed by atoms with van der Waals surface area (Å²) in [6, 6.07) is 8.48. The zero-order valence-electron chi connectivity index (χ0n) is 21.9. The van der Waals surface area contributed by atoms with Crippen molar-refractivity contribution in [2.24, 2.45) is 23.2 Å².